The summed E-state index contributed by atoms with van der Waals surface area (Å²) in [5.41, 5.74) is 6.44. The lowest BCUT2D eigenvalue weighted by Gasteiger charge is -2.21. The third-order valence-corrected chi connectivity index (χ3v) is 2.81. The van der Waals surface area contributed by atoms with Gasteiger partial charge in [0.15, 0.2) is 5.82 Å². The number of piperidine rings is 1. The van der Waals surface area contributed by atoms with Crippen LogP contribution in [0.25, 0.3) is 0 Å². The van der Waals surface area contributed by atoms with Gasteiger partial charge in [0.1, 0.15) is 0 Å². The van der Waals surface area contributed by atoms with Crippen LogP contribution in [0.4, 0.5) is 5.82 Å². The van der Waals surface area contributed by atoms with E-state index in [1.165, 1.54) is 6.42 Å². The molecule has 2 heterocycles. The summed E-state index contributed by atoms with van der Waals surface area (Å²) in [6, 6.07) is 1.82. The first kappa shape index (κ1) is 9.68. The summed E-state index contributed by atoms with van der Waals surface area (Å²) in [4.78, 5) is 0. The molecule has 1 unspecified atom stereocenters. The van der Waals surface area contributed by atoms with E-state index < -0.39 is 0 Å². The first-order valence-corrected chi connectivity index (χ1v) is 5.14. The lowest BCUT2D eigenvalue weighted by Crippen LogP contribution is -2.29. The molecule has 1 saturated heterocycles. The maximum absolute atomic E-state index is 5.89. The predicted molar refractivity (Wildman–Crippen MR) is 56.3 cm³/mol. The van der Waals surface area contributed by atoms with Crippen LogP contribution < -0.4 is 11.1 Å². The quantitative estimate of drug-likeness (QED) is 0.734. The van der Waals surface area contributed by atoms with E-state index in [1.54, 1.807) is 0 Å². The van der Waals surface area contributed by atoms with Gasteiger partial charge in [-0.15, -0.1) is 5.10 Å². The first-order valence-electron chi connectivity index (χ1n) is 4.76. The van der Waals surface area contributed by atoms with Gasteiger partial charge in [0.25, 0.3) is 0 Å². The maximum Gasteiger partial charge on any atom is 0.164 e. The summed E-state index contributed by atoms with van der Waals surface area (Å²) in [6.07, 6.45) is 2.32. The molecule has 0 bridgehead atoms. The number of nitrogens with one attached hydrogen (secondary N) is 1. The van der Waals surface area contributed by atoms with Crippen molar-refractivity contribution in [2.24, 2.45) is 0 Å². The van der Waals surface area contributed by atoms with E-state index in [1.807, 2.05) is 6.07 Å². The Labute approximate surface area is 87.9 Å². The molecular formula is C9H13ClN4. The van der Waals surface area contributed by atoms with Gasteiger partial charge >= 0.3 is 0 Å². The van der Waals surface area contributed by atoms with Crippen LogP contribution in [-0.2, 0) is 0 Å². The molecule has 0 saturated carbocycles. The molecule has 1 aromatic heterocycles. The van der Waals surface area contributed by atoms with Crippen molar-refractivity contribution >= 4 is 17.4 Å². The van der Waals surface area contributed by atoms with Crippen molar-refractivity contribution in [2.45, 2.75) is 18.8 Å². The monoisotopic (exact) mass is 212 g/mol. The van der Waals surface area contributed by atoms with E-state index in [0.717, 1.165) is 25.2 Å². The number of hydrogen-bond acceptors (Lipinski definition) is 4. The normalized spacial score (nSPS) is 22.2. The van der Waals surface area contributed by atoms with Crippen molar-refractivity contribution < 1.29 is 0 Å². The smallest absolute Gasteiger partial charge is 0.164 e. The third kappa shape index (κ3) is 1.96. The average Bonchev–Trinajstić information content (AvgIpc) is 2.23. The second-order valence-corrected chi connectivity index (χ2v) is 3.95. The third-order valence-electron chi connectivity index (χ3n) is 2.51. The van der Waals surface area contributed by atoms with Gasteiger partial charge in [-0.05, 0) is 25.5 Å². The molecule has 5 heteroatoms. The summed E-state index contributed by atoms with van der Waals surface area (Å²) >= 11 is 5.89. The van der Waals surface area contributed by atoms with Crippen LogP contribution in [0.1, 0.15) is 24.5 Å². The molecule has 0 amide bonds. The SMILES string of the molecule is Nc1nnc(C2CCCNC2)cc1Cl. The number of halogens is 1. The molecule has 2 rings (SSSR count). The van der Waals surface area contributed by atoms with E-state index in [-0.39, 0.29) is 0 Å². The van der Waals surface area contributed by atoms with Gasteiger partial charge in [-0.1, -0.05) is 11.6 Å². The highest BCUT2D eigenvalue weighted by atomic mass is 35.5. The molecule has 4 nitrogen and oxygen atoms in total. The molecule has 1 aliphatic rings. The van der Waals surface area contributed by atoms with Crippen LogP contribution >= 0.6 is 11.6 Å². The molecule has 0 radical (unpaired) electrons. The van der Waals surface area contributed by atoms with Crippen molar-refractivity contribution in [3.8, 4) is 0 Å². The summed E-state index contributed by atoms with van der Waals surface area (Å²) in [7, 11) is 0. The van der Waals surface area contributed by atoms with Gasteiger partial charge in [0, 0.05) is 12.5 Å². The Morgan fingerprint density at radius 2 is 2.36 bits per heavy atom. The fourth-order valence-corrected chi connectivity index (χ4v) is 1.85. The Balaban J connectivity index is 2.18. The number of anilines is 1. The van der Waals surface area contributed by atoms with Crippen molar-refractivity contribution in [3.05, 3.63) is 16.8 Å². The van der Waals surface area contributed by atoms with Gasteiger partial charge in [0.05, 0.1) is 10.7 Å². The largest absolute Gasteiger partial charge is 0.381 e. The zero-order valence-corrected chi connectivity index (χ0v) is 8.59. The zero-order chi connectivity index (χ0) is 9.97. The van der Waals surface area contributed by atoms with E-state index in [4.69, 9.17) is 17.3 Å². The molecule has 3 N–H and O–H groups in total. The Bertz CT molecular complexity index is 323. The van der Waals surface area contributed by atoms with Crippen LogP contribution in [0.15, 0.2) is 6.07 Å². The second-order valence-electron chi connectivity index (χ2n) is 3.55. The van der Waals surface area contributed by atoms with Crippen LogP contribution in [-0.4, -0.2) is 23.3 Å². The Morgan fingerprint density at radius 3 is 3.00 bits per heavy atom. The summed E-state index contributed by atoms with van der Waals surface area (Å²) in [5.74, 6) is 0.730. The topological polar surface area (TPSA) is 63.8 Å². The number of nitrogen functional groups attached to an aromatic ring is 1. The minimum absolute atomic E-state index is 0.305. The summed E-state index contributed by atoms with van der Waals surface area (Å²) < 4.78 is 0. The van der Waals surface area contributed by atoms with Gasteiger partial charge in [-0.2, -0.15) is 5.10 Å². The fraction of sp³-hybridized carbons (Fsp3) is 0.556. The minimum Gasteiger partial charge on any atom is -0.381 e. The predicted octanol–water partition coefficient (Wildman–Crippen LogP) is 1.18. The standard InChI is InChI=1S/C9H13ClN4/c10-7-4-8(13-14-9(7)11)6-2-1-3-12-5-6/h4,6,12H,1-3,5H2,(H2,11,14). The maximum atomic E-state index is 5.89. The molecular weight excluding hydrogens is 200 g/mol. The lowest BCUT2D eigenvalue weighted by atomic mass is 9.96. The van der Waals surface area contributed by atoms with Gasteiger partial charge in [0.2, 0.25) is 0 Å². The van der Waals surface area contributed by atoms with Crippen LogP contribution in [0.3, 0.4) is 0 Å². The van der Waals surface area contributed by atoms with Gasteiger partial charge in [-0.3, -0.25) is 0 Å². The number of hydrogen-bond donors (Lipinski definition) is 2. The number of rotatable bonds is 1. The molecule has 1 fully saturated rings. The summed E-state index contributed by atoms with van der Waals surface area (Å²) in [6.45, 7) is 2.04. The fourth-order valence-electron chi connectivity index (χ4n) is 1.70. The van der Waals surface area contributed by atoms with Crippen molar-refractivity contribution in [1.82, 2.24) is 15.5 Å². The number of nitrogens with zero attached hydrogens (tertiary/aromatic N) is 2. The van der Waals surface area contributed by atoms with Crippen molar-refractivity contribution in [2.75, 3.05) is 18.8 Å². The molecule has 0 spiro atoms. The minimum atomic E-state index is 0.305. The molecule has 0 aromatic carbocycles. The highest BCUT2D eigenvalue weighted by molar-refractivity contribution is 6.32. The van der Waals surface area contributed by atoms with Gasteiger partial charge < -0.3 is 11.1 Å². The van der Waals surface area contributed by atoms with Crippen LogP contribution in [0.2, 0.25) is 5.02 Å². The van der Waals surface area contributed by atoms with E-state index in [0.29, 0.717) is 16.8 Å². The molecule has 1 atom stereocenters. The van der Waals surface area contributed by atoms with E-state index in [2.05, 4.69) is 15.5 Å². The van der Waals surface area contributed by atoms with E-state index in [9.17, 15) is 0 Å². The Hall–Kier alpha value is -0.870. The Kier molecular flexibility index (Phi) is 2.84. The van der Waals surface area contributed by atoms with Gasteiger partial charge in [-0.25, -0.2) is 0 Å². The molecule has 1 aromatic rings. The Morgan fingerprint density at radius 1 is 1.50 bits per heavy atom. The van der Waals surface area contributed by atoms with Crippen LogP contribution in [0.5, 0.6) is 0 Å². The summed E-state index contributed by atoms with van der Waals surface area (Å²) in [5, 5.41) is 11.7. The highest BCUT2D eigenvalue weighted by Gasteiger charge is 2.17. The average molecular weight is 213 g/mol. The van der Waals surface area contributed by atoms with E-state index >= 15 is 0 Å². The molecule has 0 aliphatic carbocycles. The zero-order valence-electron chi connectivity index (χ0n) is 7.83. The number of aromatic nitrogens is 2. The second kappa shape index (κ2) is 4.11. The molecule has 76 valence electrons. The van der Waals surface area contributed by atoms with Crippen molar-refractivity contribution in [1.29, 1.82) is 0 Å². The molecule has 14 heavy (non-hydrogen) atoms. The van der Waals surface area contributed by atoms with Crippen molar-refractivity contribution in [3.63, 3.8) is 0 Å². The highest BCUT2D eigenvalue weighted by Crippen LogP contribution is 2.24. The number of nitrogens with two attached hydrogens (primary N) is 1. The van der Waals surface area contributed by atoms with Crippen LogP contribution in [0, 0.1) is 0 Å². The first-order chi connectivity index (χ1) is 6.77. The molecule has 1 aliphatic heterocycles. The lowest BCUT2D eigenvalue weighted by molar-refractivity contribution is 0.452.